The maximum atomic E-state index is 12.0. The largest absolute Gasteiger partial charge is 0.481 e. The molecule has 210 valence electrons. The number of hydrogen-bond donors (Lipinski definition) is 1. The predicted molar refractivity (Wildman–Crippen MR) is 153 cm³/mol. The summed E-state index contributed by atoms with van der Waals surface area (Å²) in [5.74, 6) is -1.88. The van der Waals surface area contributed by atoms with Crippen molar-refractivity contribution in [1.82, 2.24) is 0 Å². The molecule has 0 aliphatic rings. The Balaban J connectivity index is 3.36. The molecule has 36 heavy (non-hydrogen) atoms. The van der Waals surface area contributed by atoms with Crippen molar-refractivity contribution in [2.45, 2.75) is 155 Å². The van der Waals surface area contributed by atoms with Crippen LogP contribution in [0.5, 0.6) is 0 Å². The lowest BCUT2D eigenvalue weighted by Crippen LogP contribution is -2.21. The summed E-state index contributed by atoms with van der Waals surface area (Å²) in [5, 5.41) is 9.01. The third-order valence-electron chi connectivity index (χ3n) is 6.92. The molecule has 0 saturated carbocycles. The first-order valence-electron chi connectivity index (χ1n) is 15.3. The minimum atomic E-state index is -0.942. The molecule has 0 aromatic heterocycles. The van der Waals surface area contributed by atoms with Crippen LogP contribution in [0.15, 0.2) is 24.8 Å². The Morgan fingerprint density at radius 1 is 0.694 bits per heavy atom. The second-order valence-corrected chi connectivity index (χ2v) is 10.4. The fourth-order valence-corrected chi connectivity index (χ4v) is 4.72. The number of esters is 1. The van der Waals surface area contributed by atoms with Gasteiger partial charge >= 0.3 is 11.9 Å². The highest BCUT2D eigenvalue weighted by Gasteiger charge is 2.22. The molecule has 1 atom stereocenters. The smallest absolute Gasteiger partial charge is 0.309 e. The van der Waals surface area contributed by atoms with Crippen molar-refractivity contribution in [3.05, 3.63) is 24.8 Å². The molecule has 0 spiro atoms. The number of ether oxygens (including phenoxy) is 1. The van der Waals surface area contributed by atoms with Gasteiger partial charge in [0.15, 0.2) is 0 Å². The molecule has 0 fully saturated rings. The minimum absolute atomic E-state index is 0.145. The topological polar surface area (TPSA) is 63.6 Å². The summed E-state index contributed by atoms with van der Waals surface area (Å²) >= 11 is 0. The standard InChI is InChI=1S/C32H58O4/c1-3-5-6-7-8-9-10-11-12-13-14-15-16-17-18-19-20-21-22-23-24-25-26-27-30(29-31(33)34)32(35)36-28-4-2/h4-6,30H,2-3,7-29H2,1H3,(H,33,34)/b6-5+. The number of carboxylic acids is 1. The number of allylic oxidation sites excluding steroid dienone is 2. The van der Waals surface area contributed by atoms with E-state index in [2.05, 4.69) is 25.7 Å². The van der Waals surface area contributed by atoms with Gasteiger partial charge in [0, 0.05) is 0 Å². The molecule has 0 radical (unpaired) electrons. The van der Waals surface area contributed by atoms with E-state index in [4.69, 9.17) is 9.84 Å². The Kier molecular flexibility index (Phi) is 26.8. The lowest BCUT2D eigenvalue weighted by atomic mass is 9.97. The molecule has 1 unspecified atom stereocenters. The van der Waals surface area contributed by atoms with Gasteiger partial charge in [-0.1, -0.05) is 147 Å². The van der Waals surface area contributed by atoms with Crippen molar-refractivity contribution < 1.29 is 19.4 Å². The fourth-order valence-electron chi connectivity index (χ4n) is 4.72. The van der Waals surface area contributed by atoms with E-state index in [-0.39, 0.29) is 13.0 Å². The first-order valence-corrected chi connectivity index (χ1v) is 15.3. The third kappa shape index (κ3) is 25.5. The molecule has 0 saturated heterocycles. The zero-order chi connectivity index (χ0) is 26.5. The lowest BCUT2D eigenvalue weighted by Gasteiger charge is -2.13. The summed E-state index contributed by atoms with van der Waals surface area (Å²) in [7, 11) is 0. The fraction of sp³-hybridized carbons (Fsp3) is 0.812. The molecule has 0 bridgehead atoms. The summed E-state index contributed by atoms with van der Waals surface area (Å²) in [4.78, 5) is 22.9. The number of aliphatic carboxylic acids is 1. The second-order valence-electron chi connectivity index (χ2n) is 10.4. The molecule has 0 aliphatic carbocycles. The SMILES string of the molecule is C=CCOC(=O)C(CCCCCCCCCCCCCCCCCCCCC/C=C/CC)CC(=O)O. The Hall–Kier alpha value is -1.58. The number of rotatable bonds is 28. The second kappa shape index (κ2) is 28.0. The van der Waals surface area contributed by atoms with Crippen molar-refractivity contribution in [3.63, 3.8) is 0 Å². The zero-order valence-corrected chi connectivity index (χ0v) is 23.7. The van der Waals surface area contributed by atoms with Crippen LogP contribution in [0.3, 0.4) is 0 Å². The van der Waals surface area contributed by atoms with Gasteiger partial charge in [0.2, 0.25) is 0 Å². The van der Waals surface area contributed by atoms with E-state index in [0.29, 0.717) is 6.42 Å². The van der Waals surface area contributed by atoms with Gasteiger partial charge in [-0.25, -0.2) is 0 Å². The Morgan fingerprint density at radius 2 is 1.11 bits per heavy atom. The number of carbonyl (C=O) groups is 2. The van der Waals surface area contributed by atoms with E-state index in [0.717, 1.165) is 19.3 Å². The average molecular weight is 507 g/mol. The molecule has 0 aliphatic heterocycles. The summed E-state index contributed by atoms with van der Waals surface area (Å²) in [5.41, 5.74) is 0. The van der Waals surface area contributed by atoms with E-state index in [1.807, 2.05) is 0 Å². The molecule has 0 heterocycles. The number of carbonyl (C=O) groups excluding carboxylic acids is 1. The van der Waals surface area contributed by atoms with Gasteiger partial charge in [0.05, 0.1) is 12.3 Å². The van der Waals surface area contributed by atoms with Crippen molar-refractivity contribution in [1.29, 1.82) is 0 Å². The Labute approximate surface area is 223 Å². The van der Waals surface area contributed by atoms with Crippen molar-refractivity contribution in [3.8, 4) is 0 Å². The number of unbranched alkanes of at least 4 members (excludes halogenated alkanes) is 19. The molecule has 0 aromatic rings. The molecule has 1 N–H and O–H groups in total. The zero-order valence-electron chi connectivity index (χ0n) is 23.7. The summed E-state index contributed by atoms with van der Waals surface area (Å²) in [6.45, 7) is 5.86. The molecule has 0 rings (SSSR count). The lowest BCUT2D eigenvalue weighted by molar-refractivity contribution is -0.152. The molecule has 4 heteroatoms. The van der Waals surface area contributed by atoms with E-state index in [1.54, 1.807) is 0 Å². The van der Waals surface area contributed by atoms with Crippen molar-refractivity contribution in [2.24, 2.45) is 5.92 Å². The Morgan fingerprint density at radius 3 is 1.50 bits per heavy atom. The van der Waals surface area contributed by atoms with Crippen LogP contribution in [0, 0.1) is 5.92 Å². The van der Waals surface area contributed by atoms with E-state index >= 15 is 0 Å². The van der Waals surface area contributed by atoms with E-state index in [9.17, 15) is 9.59 Å². The average Bonchev–Trinajstić information content (AvgIpc) is 2.86. The van der Waals surface area contributed by atoms with Crippen LogP contribution >= 0.6 is 0 Å². The van der Waals surface area contributed by atoms with Crippen LogP contribution in [0.1, 0.15) is 155 Å². The van der Waals surface area contributed by atoms with Crippen LogP contribution in [-0.4, -0.2) is 23.7 Å². The highest BCUT2D eigenvalue weighted by molar-refractivity contribution is 5.79. The van der Waals surface area contributed by atoms with Crippen LogP contribution in [0.4, 0.5) is 0 Å². The normalized spacial score (nSPS) is 12.1. The minimum Gasteiger partial charge on any atom is -0.481 e. The molecule has 0 amide bonds. The van der Waals surface area contributed by atoms with Gasteiger partial charge < -0.3 is 9.84 Å². The van der Waals surface area contributed by atoms with Gasteiger partial charge in [0.1, 0.15) is 6.61 Å². The Bertz CT molecular complexity index is 540. The monoisotopic (exact) mass is 506 g/mol. The predicted octanol–water partition coefficient (Wildman–Crippen LogP) is 9.96. The summed E-state index contributed by atoms with van der Waals surface area (Å²) < 4.78 is 5.04. The quantitative estimate of drug-likeness (QED) is 0.0651. The van der Waals surface area contributed by atoms with E-state index in [1.165, 1.54) is 122 Å². The summed E-state index contributed by atoms with van der Waals surface area (Å²) in [6, 6.07) is 0. The highest BCUT2D eigenvalue weighted by atomic mass is 16.5. The first-order chi connectivity index (χ1) is 17.6. The van der Waals surface area contributed by atoms with Crippen LogP contribution < -0.4 is 0 Å². The molecular weight excluding hydrogens is 448 g/mol. The number of hydrogen-bond acceptors (Lipinski definition) is 3. The van der Waals surface area contributed by atoms with Gasteiger partial charge in [0.25, 0.3) is 0 Å². The maximum absolute atomic E-state index is 12.0. The van der Waals surface area contributed by atoms with Crippen LogP contribution in [0.25, 0.3) is 0 Å². The van der Waals surface area contributed by atoms with E-state index < -0.39 is 17.9 Å². The molecule has 0 aromatic carbocycles. The van der Waals surface area contributed by atoms with Crippen LogP contribution in [0.2, 0.25) is 0 Å². The van der Waals surface area contributed by atoms with Gasteiger partial charge in [-0.3, -0.25) is 9.59 Å². The van der Waals surface area contributed by atoms with Gasteiger partial charge in [-0.15, -0.1) is 0 Å². The highest BCUT2D eigenvalue weighted by Crippen LogP contribution is 2.18. The summed E-state index contributed by atoms with van der Waals surface area (Å²) in [6.07, 6.45) is 34.2. The third-order valence-corrected chi connectivity index (χ3v) is 6.92. The number of carboxylic acid groups (broad SMARTS) is 1. The molecule has 4 nitrogen and oxygen atoms in total. The first kappa shape index (κ1) is 34.4. The van der Waals surface area contributed by atoms with Crippen molar-refractivity contribution >= 4 is 11.9 Å². The van der Waals surface area contributed by atoms with Gasteiger partial charge in [-0.05, 0) is 25.7 Å². The van der Waals surface area contributed by atoms with Gasteiger partial charge in [-0.2, -0.15) is 0 Å². The maximum Gasteiger partial charge on any atom is 0.309 e. The van der Waals surface area contributed by atoms with Crippen molar-refractivity contribution in [2.75, 3.05) is 6.61 Å². The van der Waals surface area contributed by atoms with Crippen LogP contribution in [-0.2, 0) is 14.3 Å². The molecular formula is C32H58O4.